The van der Waals surface area contributed by atoms with E-state index in [0.717, 1.165) is 31.2 Å². The molecular weight excluding hydrogens is 420 g/mol. The first kappa shape index (κ1) is 24.8. The van der Waals surface area contributed by atoms with E-state index in [4.69, 9.17) is 14.6 Å². The summed E-state index contributed by atoms with van der Waals surface area (Å²) in [5.41, 5.74) is 1.75. The highest BCUT2D eigenvalue weighted by Crippen LogP contribution is 2.40. The number of carbonyl (C=O) groups is 2. The summed E-state index contributed by atoms with van der Waals surface area (Å²) in [6.45, 7) is 2.42. The number of ether oxygens (including phenoxy) is 2. The molecule has 0 bridgehead atoms. The van der Waals surface area contributed by atoms with Crippen molar-refractivity contribution in [2.24, 2.45) is 5.41 Å². The van der Waals surface area contributed by atoms with E-state index in [0.29, 0.717) is 42.9 Å². The smallest absolute Gasteiger partial charge is 0.310 e. The number of Topliss-reactive ketones (excluding diaryl/α,β-unsaturated/α-hetero) is 1. The minimum atomic E-state index is -0.994. The molecule has 0 aliphatic heterocycles. The topological polar surface area (TPSA) is 93.1 Å². The van der Waals surface area contributed by atoms with Gasteiger partial charge in [-0.1, -0.05) is 55.5 Å². The van der Waals surface area contributed by atoms with Gasteiger partial charge < -0.3 is 19.7 Å². The largest absolute Gasteiger partial charge is 0.489 e. The predicted molar refractivity (Wildman–Crippen MR) is 126 cm³/mol. The van der Waals surface area contributed by atoms with Gasteiger partial charge in [-0.15, -0.1) is 0 Å². The zero-order valence-corrected chi connectivity index (χ0v) is 19.3. The lowest BCUT2D eigenvalue weighted by Crippen LogP contribution is -2.33. The fourth-order valence-corrected chi connectivity index (χ4v) is 4.50. The van der Waals surface area contributed by atoms with Crippen LogP contribution >= 0.6 is 0 Å². The van der Waals surface area contributed by atoms with Crippen LogP contribution in [0, 0.1) is 12.3 Å². The van der Waals surface area contributed by atoms with E-state index in [1.165, 1.54) is 5.56 Å². The highest BCUT2D eigenvalue weighted by Gasteiger charge is 2.40. The van der Waals surface area contributed by atoms with Crippen LogP contribution in [0.1, 0.15) is 66.4 Å². The average Bonchev–Trinajstić information content (AvgIpc) is 3.04. The number of ketones is 1. The summed E-state index contributed by atoms with van der Waals surface area (Å²) >= 11 is 0. The molecule has 0 spiro atoms. The van der Waals surface area contributed by atoms with Crippen molar-refractivity contribution in [3.63, 3.8) is 0 Å². The first-order chi connectivity index (χ1) is 15.9. The van der Waals surface area contributed by atoms with Gasteiger partial charge in [-0.05, 0) is 43.5 Å². The Morgan fingerprint density at radius 1 is 0.939 bits per heavy atom. The van der Waals surface area contributed by atoms with E-state index >= 15 is 0 Å². The van der Waals surface area contributed by atoms with E-state index in [-0.39, 0.29) is 25.4 Å². The molecule has 2 aromatic carbocycles. The summed E-state index contributed by atoms with van der Waals surface area (Å²) in [7, 11) is 0. The molecule has 1 aliphatic carbocycles. The summed E-state index contributed by atoms with van der Waals surface area (Å²) in [4.78, 5) is 25.3. The van der Waals surface area contributed by atoms with Gasteiger partial charge >= 0.3 is 5.97 Å². The van der Waals surface area contributed by atoms with Gasteiger partial charge in [0.15, 0.2) is 17.3 Å². The summed E-state index contributed by atoms with van der Waals surface area (Å²) < 4.78 is 11.6. The third kappa shape index (κ3) is 6.81. The van der Waals surface area contributed by atoms with Gasteiger partial charge in [-0.25, -0.2) is 0 Å². The number of aliphatic carboxylic acids is 1. The molecule has 1 fully saturated rings. The lowest BCUT2D eigenvalue weighted by Gasteiger charge is -2.27. The number of benzene rings is 2. The van der Waals surface area contributed by atoms with Crippen LogP contribution in [0.3, 0.4) is 0 Å². The van der Waals surface area contributed by atoms with E-state index in [1.807, 2.05) is 25.1 Å². The molecule has 6 nitrogen and oxygen atoms in total. The number of carbonyl (C=O) groups excluding carboxylic acids is 1. The number of carboxylic acids is 1. The number of carboxylic acid groups (broad SMARTS) is 1. The van der Waals surface area contributed by atoms with Gasteiger partial charge in [0, 0.05) is 18.4 Å². The Kier molecular flexibility index (Phi) is 8.89. The quantitative estimate of drug-likeness (QED) is 0.367. The van der Waals surface area contributed by atoms with Crippen molar-refractivity contribution in [2.75, 3.05) is 19.8 Å². The number of aliphatic hydroxyl groups is 1. The van der Waals surface area contributed by atoms with Crippen molar-refractivity contribution in [1.29, 1.82) is 0 Å². The highest BCUT2D eigenvalue weighted by atomic mass is 16.5. The van der Waals surface area contributed by atoms with Crippen LogP contribution in [0.25, 0.3) is 0 Å². The van der Waals surface area contributed by atoms with Crippen molar-refractivity contribution in [1.82, 2.24) is 0 Å². The van der Waals surface area contributed by atoms with E-state index in [1.54, 1.807) is 18.2 Å². The van der Waals surface area contributed by atoms with Gasteiger partial charge in [-0.3, -0.25) is 9.59 Å². The first-order valence-corrected chi connectivity index (χ1v) is 11.8. The Bertz CT molecular complexity index is 943. The van der Waals surface area contributed by atoms with E-state index in [2.05, 4.69) is 6.07 Å². The van der Waals surface area contributed by atoms with Crippen LogP contribution in [0.5, 0.6) is 11.5 Å². The predicted octanol–water partition coefficient (Wildman–Crippen LogP) is 4.99. The van der Waals surface area contributed by atoms with Crippen molar-refractivity contribution in [2.45, 2.75) is 58.3 Å². The summed E-state index contributed by atoms with van der Waals surface area (Å²) in [5.74, 6) is -0.203. The Morgan fingerprint density at radius 3 is 2.33 bits per heavy atom. The van der Waals surface area contributed by atoms with E-state index in [9.17, 15) is 14.7 Å². The second-order valence-electron chi connectivity index (χ2n) is 8.92. The molecule has 1 saturated carbocycles. The molecule has 1 aliphatic rings. The van der Waals surface area contributed by atoms with E-state index < -0.39 is 11.4 Å². The molecule has 0 heterocycles. The van der Waals surface area contributed by atoms with Crippen LogP contribution in [-0.2, 0) is 11.2 Å². The number of rotatable bonds is 11. The number of aliphatic hydroxyl groups excluding tert-OH is 1. The highest BCUT2D eigenvalue weighted by molar-refractivity contribution is 5.99. The lowest BCUT2D eigenvalue weighted by atomic mass is 9.75. The molecule has 0 aromatic heterocycles. The molecule has 0 amide bonds. The Morgan fingerprint density at radius 2 is 1.67 bits per heavy atom. The normalized spacial score (nSPS) is 15.5. The Balaban J connectivity index is 1.75. The Hall–Kier alpha value is -2.86. The summed E-state index contributed by atoms with van der Waals surface area (Å²) in [5, 5.41) is 19.1. The maximum absolute atomic E-state index is 13.1. The molecule has 33 heavy (non-hydrogen) atoms. The maximum Gasteiger partial charge on any atom is 0.310 e. The number of hydrogen-bond acceptors (Lipinski definition) is 5. The zero-order chi connectivity index (χ0) is 23.7. The molecule has 6 heteroatoms. The van der Waals surface area contributed by atoms with Crippen molar-refractivity contribution >= 4 is 11.8 Å². The third-order valence-electron chi connectivity index (χ3n) is 6.36. The van der Waals surface area contributed by atoms with Crippen molar-refractivity contribution < 1.29 is 29.3 Å². The molecule has 0 saturated heterocycles. The summed E-state index contributed by atoms with van der Waals surface area (Å²) in [6.07, 6.45) is 5.44. The van der Waals surface area contributed by atoms with Crippen LogP contribution in [0.15, 0.2) is 42.5 Å². The number of hydrogen-bond donors (Lipinski definition) is 2. The maximum atomic E-state index is 13.1. The molecular formula is C27H34O6. The zero-order valence-electron chi connectivity index (χ0n) is 19.3. The standard InChI is InChI=1S/C27H34O6/c1-20-7-6-8-21(17-20)11-15-32-25-18-22(9-10-24(25)33-16-14-28)23(29)19-27(26(30)31)12-4-2-3-5-13-27/h6-10,17-18,28H,2-5,11-16,19H2,1H3,(H,30,31). The van der Waals surface area contributed by atoms with Crippen LogP contribution in [-0.4, -0.2) is 41.8 Å². The Labute approximate surface area is 195 Å². The lowest BCUT2D eigenvalue weighted by molar-refractivity contribution is -0.149. The molecule has 3 rings (SSSR count). The molecule has 0 unspecified atom stereocenters. The molecule has 178 valence electrons. The van der Waals surface area contributed by atoms with Crippen LogP contribution in [0.4, 0.5) is 0 Å². The minimum Gasteiger partial charge on any atom is -0.489 e. The SMILES string of the molecule is Cc1cccc(CCOc2cc(C(=O)CC3(C(=O)O)CCCCCC3)ccc2OCCO)c1. The van der Waals surface area contributed by atoms with Gasteiger partial charge in [0.1, 0.15) is 6.61 Å². The second-order valence-corrected chi connectivity index (χ2v) is 8.92. The molecule has 0 atom stereocenters. The van der Waals surface area contributed by atoms with Crippen molar-refractivity contribution in [3.05, 3.63) is 59.2 Å². The van der Waals surface area contributed by atoms with Gasteiger partial charge in [-0.2, -0.15) is 0 Å². The minimum absolute atomic E-state index is 0.0120. The van der Waals surface area contributed by atoms with Gasteiger partial charge in [0.25, 0.3) is 0 Å². The fourth-order valence-electron chi connectivity index (χ4n) is 4.50. The monoisotopic (exact) mass is 454 g/mol. The first-order valence-electron chi connectivity index (χ1n) is 11.8. The van der Waals surface area contributed by atoms with Gasteiger partial charge in [0.05, 0.1) is 18.6 Å². The van der Waals surface area contributed by atoms with Crippen LogP contribution < -0.4 is 9.47 Å². The third-order valence-corrected chi connectivity index (χ3v) is 6.36. The second kappa shape index (κ2) is 11.8. The van der Waals surface area contributed by atoms with Gasteiger partial charge in [0.2, 0.25) is 0 Å². The molecule has 0 radical (unpaired) electrons. The van der Waals surface area contributed by atoms with Crippen LogP contribution in [0.2, 0.25) is 0 Å². The number of aryl methyl sites for hydroxylation is 1. The summed E-state index contributed by atoms with van der Waals surface area (Å²) in [6, 6.07) is 13.1. The van der Waals surface area contributed by atoms with Crippen molar-refractivity contribution in [3.8, 4) is 11.5 Å². The molecule has 2 aromatic rings. The fraction of sp³-hybridized carbons (Fsp3) is 0.481. The average molecular weight is 455 g/mol. The molecule has 2 N–H and O–H groups in total.